The summed E-state index contributed by atoms with van der Waals surface area (Å²) in [6.45, 7) is 0. The summed E-state index contributed by atoms with van der Waals surface area (Å²) in [6, 6.07) is 53.0. The lowest BCUT2D eigenvalue weighted by Crippen LogP contribution is -2.05. The molecule has 10 rings (SSSR count). The van der Waals surface area contributed by atoms with Gasteiger partial charge in [-0.2, -0.15) is 0 Å². The molecule has 0 saturated heterocycles. The molecular weight excluding hydrogens is 623 g/mol. The molecule has 0 bridgehead atoms. The molecule has 0 saturated carbocycles. The Bertz CT molecular complexity index is 2850. The van der Waals surface area contributed by atoms with Gasteiger partial charge in [0.25, 0.3) is 0 Å². The third kappa shape index (κ3) is 5.12. The number of aromatic nitrogens is 3. The van der Waals surface area contributed by atoms with Crippen LogP contribution in [0.5, 0.6) is 0 Å². The highest BCUT2D eigenvalue weighted by molar-refractivity contribution is 6.13. The molecular formula is C47H31N3O. The molecule has 0 atom stereocenters. The van der Waals surface area contributed by atoms with Crippen LogP contribution >= 0.6 is 0 Å². The molecule has 4 nitrogen and oxygen atoms in total. The van der Waals surface area contributed by atoms with Gasteiger partial charge in [0.05, 0.1) is 0 Å². The van der Waals surface area contributed by atoms with Crippen LogP contribution in [0.1, 0.15) is 24.2 Å². The number of allylic oxidation sites excluding steroid dienone is 4. The highest BCUT2D eigenvalue weighted by Crippen LogP contribution is 2.41. The molecule has 9 aromatic rings. The largest absolute Gasteiger partial charge is 0.456 e. The van der Waals surface area contributed by atoms with Crippen molar-refractivity contribution in [3.63, 3.8) is 0 Å². The molecule has 0 N–H and O–H groups in total. The van der Waals surface area contributed by atoms with Crippen LogP contribution in [0, 0.1) is 0 Å². The fraction of sp³-hybridized carbons (Fsp3) is 0.0426. The quantitative estimate of drug-likeness (QED) is 0.185. The number of benzene rings is 7. The van der Waals surface area contributed by atoms with Gasteiger partial charge in [0.2, 0.25) is 0 Å². The number of nitrogens with zero attached hydrogens (tertiary/aromatic N) is 3. The van der Waals surface area contributed by atoms with Crippen LogP contribution in [0.4, 0.5) is 0 Å². The third-order valence-corrected chi connectivity index (χ3v) is 10.0. The van der Waals surface area contributed by atoms with Crippen LogP contribution in [-0.2, 0) is 0 Å². The van der Waals surface area contributed by atoms with Crippen molar-refractivity contribution in [1.82, 2.24) is 15.0 Å². The molecule has 1 aliphatic rings. The molecule has 0 amide bonds. The Hall–Kier alpha value is -6.65. The van der Waals surface area contributed by atoms with Gasteiger partial charge >= 0.3 is 0 Å². The second-order valence-corrected chi connectivity index (χ2v) is 13.1. The van der Waals surface area contributed by atoms with Gasteiger partial charge in [-0.05, 0) is 74.8 Å². The van der Waals surface area contributed by atoms with Crippen molar-refractivity contribution in [3.05, 3.63) is 175 Å². The van der Waals surface area contributed by atoms with Crippen LogP contribution in [0.3, 0.4) is 0 Å². The number of hydrogen-bond acceptors (Lipinski definition) is 4. The Morgan fingerprint density at radius 3 is 1.96 bits per heavy atom. The van der Waals surface area contributed by atoms with E-state index in [1.165, 1.54) is 27.3 Å². The van der Waals surface area contributed by atoms with E-state index in [4.69, 9.17) is 19.4 Å². The summed E-state index contributed by atoms with van der Waals surface area (Å²) in [5.41, 5.74) is 9.41. The van der Waals surface area contributed by atoms with E-state index < -0.39 is 0 Å². The smallest absolute Gasteiger partial charge is 0.164 e. The maximum Gasteiger partial charge on any atom is 0.164 e. The first-order chi connectivity index (χ1) is 25.3. The molecule has 4 heteroatoms. The molecule has 2 aromatic heterocycles. The zero-order valence-corrected chi connectivity index (χ0v) is 27.8. The Morgan fingerprint density at radius 2 is 1.08 bits per heavy atom. The molecule has 0 aliphatic heterocycles. The fourth-order valence-corrected chi connectivity index (χ4v) is 7.54. The minimum atomic E-state index is 0.644. The van der Waals surface area contributed by atoms with E-state index in [1.54, 1.807) is 0 Å². The average molecular weight is 654 g/mol. The van der Waals surface area contributed by atoms with Crippen molar-refractivity contribution in [2.24, 2.45) is 0 Å². The van der Waals surface area contributed by atoms with Crippen molar-refractivity contribution < 1.29 is 4.42 Å². The van der Waals surface area contributed by atoms with Gasteiger partial charge in [-0.3, -0.25) is 0 Å². The lowest BCUT2D eigenvalue weighted by Gasteiger charge is -2.18. The van der Waals surface area contributed by atoms with E-state index in [0.717, 1.165) is 68.0 Å². The van der Waals surface area contributed by atoms with Crippen LogP contribution in [0.2, 0.25) is 0 Å². The highest BCUT2D eigenvalue weighted by Gasteiger charge is 2.22. The minimum Gasteiger partial charge on any atom is -0.456 e. The van der Waals surface area contributed by atoms with E-state index >= 15 is 0 Å². The van der Waals surface area contributed by atoms with Gasteiger partial charge in [0.15, 0.2) is 17.5 Å². The van der Waals surface area contributed by atoms with Crippen molar-refractivity contribution in [3.8, 4) is 33.9 Å². The lowest BCUT2D eigenvalue weighted by molar-refractivity contribution is 0.669. The molecule has 2 heterocycles. The first-order valence-electron chi connectivity index (χ1n) is 17.4. The molecule has 0 radical (unpaired) electrons. The van der Waals surface area contributed by atoms with Crippen molar-refractivity contribution in [1.29, 1.82) is 0 Å². The van der Waals surface area contributed by atoms with E-state index in [0.29, 0.717) is 17.5 Å². The predicted molar refractivity (Wildman–Crippen MR) is 210 cm³/mol. The van der Waals surface area contributed by atoms with Gasteiger partial charge < -0.3 is 4.42 Å². The lowest BCUT2D eigenvalue weighted by atomic mass is 9.88. The average Bonchev–Trinajstić information content (AvgIpc) is 3.59. The zero-order chi connectivity index (χ0) is 33.7. The monoisotopic (exact) mass is 653 g/mol. The van der Waals surface area contributed by atoms with Crippen LogP contribution in [-0.4, -0.2) is 15.0 Å². The number of fused-ring (bicyclic) bond motifs is 5. The normalized spacial score (nSPS) is 13.2. The Kier molecular flexibility index (Phi) is 6.91. The molecule has 0 spiro atoms. The molecule has 1 aliphatic carbocycles. The van der Waals surface area contributed by atoms with E-state index in [-0.39, 0.29) is 0 Å². The van der Waals surface area contributed by atoms with Gasteiger partial charge in [0, 0.05) is 27.5 Å². The van der Waals surface area contributed by atoms with Crippen LogP contribution < -0.4 is 0 Å². The van der Waals surface area contributed by atoms with Crippen molar-refractivity contribution in [2.75, 3.05) is 0 Å². The molecule has 0 fully saturated rings. The number of rotatable bonds is 5. The number of furan rings is 1. The summed E-state index contributed by atoms with van der Waals surface area (Å²) in [5.74, 6) is 1.96. The fourth-order valence-electron chi connectivity index (χ4n) is 7.54. The van der Waals surface area contributed by atoms with Gasteiger partial charge in [-0.25, -0.2) is 15.0 Å². The first kappa shape index (κ1) is 29.3. The Labute approximate surface area is 295 Å². The summed E-state index contributed by atoms with van der Waals surface area (Å²) in [7, 11) is 0. The van der Waals surface area contributed by atoms with Crippen LogP contribution in [0.25, 0.3) is 88.5 Å². The molecule has 51 heavy (non-hydrogen) atoms. The highest BCUT2D eigenvalue weighted by atomic mass is 16.3. The maximum atomic E-state index is 6.30. The zero-order valence-electron chi connectivity index (χ0n) is 27.8. The Morgan fingerprint density at radius 1 is 0.451 bits per heavy atom. The standard InChI is InChI=1S/C47H31N3O/c1-2-13-34-29-35(28-23-30(34)11-1)46-48-45(33-26-24-32(25-27-33)37-19-9-14-31-12-3-4-15-36(31)37)49-47(50-46)40-17-6-5-16-38(40)39-20-10-22-43-44(39)41-18-7-8-21-42(41)51-43/h1-4,6-15,17-29H,5,16H2. The van der Waals surface area contributed by atoms with E-state index in [9.17, 15) is 0 Å². The second kappa shape index (κ2) is 12.0. The molecule has 240 valence electrons. The summed E-state index contributed by atoms with van der Waals surface area (Å²) in [5, 5.41) is 7.03. The molecule has 7 aromatic carbocycles. The summed E-state index contributed by atoms with van der Waals surface area (Å²) in [4.78, 5) is 15.6. The summed E-state index contributed by atoms with van der Waals surface area (Å²) < 4.78 is 6.30. The first-order valence-corrected chi connectivity index (χ1v) is 17.4. The topological polar surface area (TPSA) is 51.8 Å². The van der Waals surface area contributed by atoms with Gasteiger partial charge in [0.1, 0.15) is 11.2 Å². The summed E-state index contributed by atoms with van der Waals surface area (Å²) in [6.07, 6.45) is 6.23. The maximum absolute atomic E-state index is 6.30. The van der Waals surface area contributed by atoms with E-state index in [2.05, 4.69) is 152 Å². The van der Waals surface area contributed by atoms with E-state index in [1.807, 2.05) is 12.1 Å². The van der Waals surface area contributed by atoms with Crippen LogP contribution in [0.15, 0.2) is 168 Å². The minimum absolute atomic E-state index is 0.644. The van der Waals surface area contributed by atoms with Crippen molar-refractivity contribution in [2.45, 2.75) is 12.8 Å². The number of para-hydroxylation sites is 1. The SMILES string of the molecule is C1=CC(c2nc(-c3ccc(-c4cccc5ccccc45)cc3)nc(-c3ccc4ccccc4c3)n2)=C(c2cccc3oc4ccccc4c23)CC1. The Balaban J connectivity index is 1.16. The summed E-state index contributed by atoms with van der Waals surface area (Å²) >= 11 is 0. The predicted octanol–water partition coefficient (Wildman–Crippen LogP) is 12.3. The third-order valence-electron chi connectivity index (χ3n) is 10.0. The molecule has 0 unspecified atom stereocenters. The van der Waals surface area contributed by atoms with Gasteiger partial charge in [-0.15, -0.1) is 0 Å². The number of hydrogen-bond donors (Lipinski definition) is 0. The van der Waals surface area contributed by atoms with Crippen molar-refractivity contribution >= 4 is 54.6 Å². The second-order valence-electron chi connectivity index (χ2n) is 13.1. The van der Waals surface area contributed by atoms with Gasteiger partial charge in [-0.1, -0.05) is 146 Å².